The second-order valence-electron chi connectivity index (χ2n) is 6.95. The minimum Gasteiger partial charge on any atom is -0.379 e. The molecule has 1 aromatic rings. The number of aliphatic imine (C=N–C) groups is 1. The number of hydrogen-bond donors (Lipinski definition) is 1. The number of nitrogens with zero attached hydrogens (tertiary/aromatic N) is 5. The molecule has 0 amide bonds. The van der Waals surface area contributed by atoms with Gasteiger partial charge in [-0.05, 0) is 13.8 Å². The summed E-state index contributed by atoms with van der Waals surface area (Å²) >= 11 is 0. The molecule has 3 heterocycles. The standard InChI is InChI=1S/C18H32N6O2.HI/c1-3-19-18(20-14-16(2)23-9-12-25-13-10-23)24-7-5-22(6-8-24)15-17-4-11-26-21-17;/h4,11,16H,3,5-10,12-15H2,1-2H3,(H,19,20);1H. The van der Waals surface area contributed by atoms with E-state index in [2.05, 4.69) is 39.0 Å². The van der Waals surface area contributed by atoms with Gasteiger partial charge < -0.3 is 19.5 Å². The molecular formula is C18H33IN6O2. The van der Waals surface area contributed by atoms with Gasteiger partial charge in [0.1, 0.15) is 6.26 Å². The monoisotopic (exact) mass is 492 g/mol. The Kier molecular flexibility index (Phi) is 9.80. The lowest BCUT2D eigenvalue weighted by atomic mass is 10.2. The molecule has 1 atom stereocenters. The Bertz CT molecular complexity index is 542. The molecule has 0 radical (unpaired) electrons. The minimum absolute atomic E-state index is 0. The molecule has 2 saturated heterocycles. The van der Waals surface area contributed by atoms with Crippen molar-refractivity contribution in [2.24, 2.45) is 4.99 Å². The fourth-order valence-corrected chi connectivity index (χ4v) is 3.44. The highest BCUT2D eigenvalue weighted by atomic mass is 127. The summed E-state index contributed by atoms with van der Waals surface area (Å²) in [6.45, 7) is 14.6. The van der Waals surface area contributed by atoms with Crippen molar-refractivity contribution in [2.75, 3.05) is 65.6 Å². The van der Waals surface area contributed by atoms with Gasteiger partial charge in [0.15, 0.2) is 5.96 Å². The smallest absolute Gasteiger partial charge is 0.194 e. The second-order valence-corrected chi connectivity index (χ2v) is 6.95. The molecule has 154 valence electrons. The zero-order valence-electron chi connectivity index (χ0n) is 16.5. The maximum absolute atomic E-state index is 5.44. The van der Waals surface area contributed by atoms with E-state index in [0.29, 0.717) is 6.04 Å². The number of rotatable bonds is 6. The van der Waals surface area contributed by atoms with Crippen LogP contribution in [0.5, 0.6) is 0 Å². The van der Waals surface area contributed by atoms with Gasteiger partial charge in [0.05, 0.1) is 25.5 Å². The number of guanidine groups is 1. The zero-order chi connectivity index (χ0) is 18.2. The normalized spacial score (nSPS) is 21.0. The lowest BCUT2D eigenvalue weighted by Gasteiger charge is -2.36. The van der Waals surface area contributed by atoms with Crippen molar-refractivity contribution < 1.29 is 9.26 Å². The molecule has 3 rings (SSSR count). The van der Waals surface area contributed by atoms with E-state index in [-0.39, 0.29) is 24.0 Å². The van der Waals surface area contributed by atoms with Crippen LogP contribution in [0.4, 0.5) is 0 Å². The van der Waals surface area contributed by atoms with Crippen LogP contribution >= 0.6 is 24.0 Å². The number of ether oxygens (including phenoxy) is 1. The van der Waals surface area contributed by atoms with Gasteiger partial charge in [-0.15, -0.1) is 24.0 Å². The summed E-state index contributed by atoms with van der Waals surface area (Å²) in [5.41, 5.74) is 0.998. The molecule has 0 bridgehead atoms. The number of morpholine rings is 1. The molecule has 27 heavy (non-hydrogen) atoms. The molecule has 0 aromatic carbocycles. The number of aromatic nitrogens is 1. The first-order valence-corrected chi connectivity index (χ1v) is 9.73. The van der Waals surface area contributed by atoms with Crippen molar-refractivity contribution in [3.05, 3.63) is 18.0 Å². The van der Waals surface area contributed by atoms with Crippen LogP contribution in [-0.2, 0) is 11.3 Å². The molecule has 0 aliphatic carbocycles. The van der Waals surface area contributed by atoms with Crippen LogP contribution < -0.4 is 5.32 Å². The molecule has 8 nitrogen and oxygen atoms in total. The van der Waals surface area contributed by atoms with Crippen molar-refractivity contribution in [2.45, 2.75) is 26.4 Å². The van der Waals surface area contributed by atoms with E-state index in [9.17, 15) is 0 Å². The molecule has 9 heteroatoms. The van der Waals surface area contributed by atoms with Gasteiger partial charge in [0, 0.05) is 64.5 Å². The summed E-state index contributed by atoms with van der Waals surface area (Å²) in [4.78, 5) is 12.2. The number of halogens is 1. The molecule has 0 saturated carbocycles. The maximum Gasteiger partial charge on any atom is 0.194 e. The van der Waals surface area contributed by atoms with E-state index in [0.717, 1.165) is 83.8 Å². The summed E-state index contributed by atoms with van der Waals surface area (Å²) < 4.78 is 10.4. The molecule has 2 fully saturated rings. The average molecular weight is 492 g/mol. The SMILES string of the molecule is CCNC(=NCC(C)N1CCOCC1)N1CCN(Cc2ccon2)CC1.I. The zero-order valence-corrected chi connectivity index (χ0v) is 18.8. The number of hydrogen-bond acceptors (Lipinski definition) is 6. The molecular weight excluding hydrogens is 459 g/mol. The predicted octanol–water partition coefficient (Wildman–Crippen LogP) is 1.10. The van der Waals surface area contributed by atoms with Crippen LogP contribution in [0, 0.1) is 0 Å². The fraction of sp³-hybridized carbons (Fsp3) is 0.778. The maximum atomic E-state index is 5.44. The van der Waals surface area contributed by atoms with Crippen molar-refractivity contribution in [3.8, 4) is 0 Å². The highest BCUT2D eigenvalue weighted by Gasteiger charge is 2.21. The first kappa shape index (κ1) is 22.4. The Hall–Kier alpha value is -0.910. The van der Waals surface area contributed by atoms with Crippen molar-refractivity contribution in [1.29, 1.82) is 0 Å². The highest BCUT2D eigenvalue weighted by Crippen LogP contribution is 2.08. The van der Waals surface area contributed by atoms with Crippen molar-refractivity contribution in [1.82, 2.24) is 25.2 Å². The first-order chi connectivity index (χ1) is 12.8. The summed E-state index contributed by atoms with van der Waals surface area (Å²) in [5.74, 6) is 1.04. The summed E-state index contributed by atoms with van der Waals surface area (Å²) in [7, 11) is 0. The van der Waals surface area contributed by atoms with Crippen molar-refractivity contribution >= 4 is 29.9 Å². The van der Waals surface area contributed by atoms with E-state index in [1.807, 2.05) is 6.07 Å². The molecule has 1 unspecified atom stereocenters. The van der Waals surface area contributed by atoms with Crippen LogP contribution in [0.25, 0.3) is 0 Å². The summed E-state index contributed by atoms with van der Waals surface area (Å²) in [6, 6.07) is 2.38. The lowest BCUT2D eigenvalue weighted by molar-refractivity contribution is 0.0220. The third-order valence-electron chi connectivity index (χ3n) is 5.06. The van der Waals surface area contributed by atoms with Crippen LogP contribution in [0.1, 0.15) is 19.5 Å². The minimum atomic E-state index is 0. The first-order valence-electron chi connectivity index (χ1n) is 9.73. The molecule has 2 aliphatic heterocycles. The van der Waals surface area contributed by atoms with Gasteiger partial charge in [-0.2, -0.15) is 0 Å². The lowest BCUT2D eigenvalue weighted by Crippen LogP contribution is -2.52. The summed E-state index contributed by atoms with van der Waals surface area (Å²) in [6.07, 6.45) is 1.64. The van der Waals surface area contributed by atoms with E-state index in [1.54, 1.807) is 6.26 Å². The second kappa shape index (κ2) is 11.8. The van der Waals surface area contributed by atoms with Gasteiger partial charge in [0.2, 0.25) is 0 Å². The van der Waals surface area contributed by atoms with Crippen LogP contribution in [0.3, 0.4) is 0 Å². The number of nitrogens with one attached hydrogen (secondary N) is 1. The third-order valence-corrected chi connectivity index (χ3v) is 5.06. The van der Waals surface area contributed by atoms with E-state index in [4.69, 9.17) is 14.3 Å². The summed E-state index contributed by atoms with van der Waals surface area (Å²) in [5, 5.41) is 7.47. The fourth-order valence-electron chi connectivity index (χ4n) is 3.44. The Balaban J connectivity index is 0.00000261. The van der Waals surface area contributed by atoms with E-state index in [1.165, 1.54) is 0 Å². The molecule has 0 spiro atoms. The van der Waals surface area contributed by atoms with Gasteiger partial charge >= 0.3 is 0 Å². The Morgan fingerprint density at radius 3 is 2.59 bits per heavy atom. The topological polar surface area (TPSA) is 69.4 Å². The Labute approximate surface area is 179 Å². The largest absolute Gasteiger partial charge is 0.379 e. The predicted molar refractivity (Wildman–Crippen MR) is 117 cm³/mol. The van der Waals surface area contributed by atoms with Crippen LogP contribution in [-0.4, -0.2) is 97.4 Å². The number of piperazine rings is 1. The highest BCUT2D eigenvalue weighted by molar-refractivity contribution is 14.0. The van der Waals surface area contributed by atoms with Crippen molar-refractivity contribution in [3.63, 3.8) is 0 Å². The molecule has 1 aromatic heterocycles. The third kappa shape index (κ3) is 6.88. The van der Waals surface area contributed by atoms with Gasteiger partial charge in [-0.25, -0.2) is 0 Å². The quantitative estimate of drug-likeness (QED) is 0.363. The molecule has 1 N–H and O–H groups in total. The Morgan fingerprint density at radius 1 is 1.22 bits per heavy atom. The van der Waals surface area contributed by atoms with E-state index < -0.39 is 0 Å². The van der Waals surface area contributed by atoms with Gasteiger partial charge in [0.25, 0.3) is 0 Å². The van der Waals surface area contributed by atoms with Crippen LogP contribution in [0.15, 0.2) is 21.8 Å². The molecule has 2 aliphatic rings. The van der Waals surface area contributed by atoms with Gasteiger partial charge in [-0.3, -0.25) is 14.8 Å². The Morgan fingerprint density at radius 2 is 1.96 bits per heavy atom. The van der Waals surface area contributed by atoms with E-state index >= 15 is 0 Å². The average Bonchev–Trinajstić information content (AvgIpc) is 3.19. The van der Waals surface area contributed by atoms with Gasteiger partial charge in [-0.1, -0.05) is 5.16 Å². The van der Waals surface area contributed by atoms with Crippen LogP contribution in [0.2, 0.25) is 0 Å².